The van der Waals surface area contributed by atoms with E-state index in [-0.39, 0.29) is 12.5 Å². The van der Waals surface area contributed by atoms with Gasteiger partial charge in [-0.25, -0.2) is 10.2 Å². The summed E-state index contributed by atoms with van der Waals surface area (Å²) in [7, 11) is 0. The van der Waals surface area contributed by atoms with Crippen LogP contribution in [-0.4, -0.2) is 19.3 Å². The van der Waals surface area contributed by atoms with E-state index in [2.05, 4.69) is 68.0 Å². The summed E-state index contributed by atoms with van der Waals surface area (Å²) < 4.78 is 11.9. The molecule has 250 valence electrons. The number of unbranched alkanes of at least 4 members (excludes halogenated alkanes) is 15. The summed E-state index contributed by atoms with van der Waals surface area (Å²) in [4.78, 5) is 12.7. The monoisotopic (exact) mass is 626 g/mol. The van der Waals surface area contributed by atoms with Crippen LogP contribution in [0.15, 0.2) is 60.7 Å². The molecule has 0 aliphatic heterocycles. The lowest BCUT2D eigenvalue weighted by molar-refractivity contribution is 0.145. The molecular formula is C41H58N2O3. The predicted octanol–water partition coefficient (Wildman–Crippen LogP) is 11.8. The van der Waals surface area contributed by atoms with Gasteiger partial charge in [-0.3, -0.25) is 5.43 Å². The first kappa shape index (κ1) is 35.4. The Balaban J connectivity index is 1.07. The SMILES string of the molecule is CCCCCCCCCCCCCCCCCCOc1cc(NNC(=O)OCC2c3ccccc3-c3ccccc32)cc(C)c1C. The second-order valence-electron chi connectivity index (χ2n) is 13.1. The summed E-state index contributed by atoms with van der Waals surface area (Å²) in [6.45, 7) is 7.43. The molecule has 1 aliphatic rings. The smallest absolute Gasteiger partial charge is 0.425 e. The molecule has 46 heavy (non-hydrogen) atoms. The van der Waals surface area contributed by atoms with Crippen molar-refractivity contribution in [1.29, 1.82) is 0 Å². The lowest BCUT2D eigenvalue weighted by Crippen LogP contribution is -2.31. The second kappa shape index (κ2) is 19.9. The predicted molar refractivity (Wildman–Crippen MR) is 193 cm³/mol. The number of nitrogens with one attached hydrogen (secondary N) is 2. The number of aryl methyl sites for hydroxylation is 1. The van der Waals surface area contributed by atoms with Crippen molar-refractivity contribution in [3.63, 3.8) is 0 Å². The molecule has 3 aromatic rings. The van der Waals surface area contributed by atoms with Gasteiger partial charge in [0.15, 0.2) is 0 Å². The van der Waals surface area contributed by atoms with Gasteiger partial charge in [-0.1, -0.05) is 152 Å². The number of carbonyl (C=O) groups excluding carboxylic acids is 1. The molecule has 0 spiro atoms. The molecular weight excluding hydrogens is 568 g/mol. The van der Waals surface area contributed by atoms with Crippen molar-refractivity contribution in [3.8, 4) is 16.9 Å². The zero-order valence-electron chi connectivity index (χ0n) is 28.8. The Morgan fingerprint density at radius 2 is 1.17 bits per heavy atom. The number of hydrogen-bond donors (Lipinski definition) is 2. The topological polar surface area (TPSA) is 59.6 Å². The molecule has 3 aromatic carbocycles. The fourth-order valence-electron chi connectivity index (χ4n) is 6.64. The van der Waals surface area contributed by atoms with Gasteiger partial charge < -0.3 is 9.47 Å². The Bertz CT molecular complexity index is 1290. The maximum atomic E-state index is 12.7. The molecule has 0 saturated carbocycles. The summed E-state index contributed by atoms with van der Waals surface area (Å²) in [6, 6.07) is 20.7. The lowest BCUT2D eigenvalue weighted by atomic mass is 9.98. The first-order valence-electron chi connectivity index (χ1n) is 18.2. The normalized spacial score (nSPS) is 12.1. The zero-order chi connectivity index (χ0) is 32.4. The highest BCUT2D eigenvalue weighted by Gasteiger charge is 2.29. The Morgan fingerprint density at radius 1 is 0.674 bits per heavy atom. The van der Waals surface area contributed by atoms with Crippen molar-refractivity contribution in [1.82, 2.24) is 5.43 Å². The van der Waals surface area contributed by atoms with Crippen molar-refractivity contribution in [2.24, 2.45) is 0 Å². The molecule has 1 amide bonds. The third-order valence-electron chi connectivity index (χ3n) is 9.53. The summed E-state index contributed by atoms with van der Waals surface area (Å²) in [5, 5.41) is 0. The molecule has 5 nitrogen and oxygen atoms in total. The Labute approximate surface area is 278 Å². The maximum absolute atomic E-state index is 12.7. The standard InChI is InChI=1S/C41H58N2O3/c1-4-5-6-7-8-9-10-11-12-13-14-15-16-17-18-23-28-45-40-30-34(29-32(2)33(40)3)42-43-41(44)46-31-39-37-26-21-19-24-35(37)36-25-20-22-27-38(36)39/h19-22,24-27,29-30,39,42H,4-18,23,28,31H2,1-3H3,(H,43,44). The number of hydrogen-bond acceptors (Lipinski definition) is 4. The van der Waals surface area contributed by atoms with Crippen molar-refractivity contribution in [3.05, 3.63) is 82.9 Å². The second-order valence-corrected chi connectivity index (χ2v) is 13.1. The van der Waals surface area contributed by atoms with Gasteiger partial charge in [-0.15, -0.1) is 0 Å². The van der Waals surface area contributed by atoms with E-state index in [1.165, 1.54) is 119 Å². The van der Waals surface area contributed by atoms with E-state index in [0.29, 0.717) is 6.61 Å². The maximum Gasteiger partial charge on any atom is 0.425 e. The van der Waals surface area contributed by atoms with Crippen LogP contribution in [0.5, 0.6) is 5.75 Å². The van der Waals surface area contributed by atoms with Crippen LogP contribution in [0.3, 0.4) is 0 Å². The lowest BCUT2D eigenvalue weighted by Gasteiger charge is -2.17. The molecule has 5 heteroatoms. The molecule has 0 saturated heterocycles. The summed E-state index contributed by atoms with van der Waals surface area (Å²) in [5.74, 6) is 0.891. The van der Waals surface area contributed by atoms with Crippen LogP contribution in [0.2, 0.25) is 0 Å². The molecule has 0 heterocycles. The number of amides is 1. The number of carbonyl (C=O) groups is 1. The third kappa shape index (κ3) is 11.1. The highest BCUT2D eigenvalue weighted by atomic mass is 16.6. The summed E-state index contributed by atoms with van der Waals surface area (Å²) >= 11 is 0. The van der Waals surface area contributed by atoms with Gasteiger partial charge in [0.05, 0.1) is 12.3 Å². The summed E-state index contributed by atoms with van der Waals surface area (Å²) in [6.07, 6.45) is 21.3. The molecule has 0 atom stereocenters. The molecule has 0 bridgehead atoms. The Morgan fingerprint density at radius 3 is 1.72 bits per heavy atom. The molecule has 0 radical (unpaired) electrons. The van der Waals surface area contributed by atoms with Crippen molar-refractivity contribution in [2.45, 2.75) is 129 Å². The minimum Gasteiger partial charge on any atom is -0.493 e. The fraction of sp³-hybridized carbons (Fsp3) is 0.537. The molecule has 0 fully saturated rings. The van der Waals surface area contributed by atoms with E-state index < -0.39 is 6.09 Å². The fourth-order valence-corrected chi connectivity index (χ4v) is 6.64. The molecule has 0 unspecified atom stereocenters. The van der Waals surface area contributed by atoms with Gasteiger partial charge in [-0.2, -0.15) is 0 Å². The first-order valence-corrected chi connectivity index (χ1v) is 18.2. The largest absolute Gasteiger partial charge is 0.493 e. The van der Waals surface area contributed by atoms with E-state index in [9.17, 15) is 4.79 Å². The highest BCUT2D eigenvalue weighted by Crippen LogP contribution is 2.44. The summed E-state index contributed by atoms with van der Waals surface area (Å²) in [5.41, 5.74) is 13.6. The molecule has 0 aromatic heterocycles. The van der Waals surface area contributed by atoms with Crippen LogP contribution in [0.1, 0.15) is 138 Å². The Kier molecular flexibility index (Phi) is 15.3. The van der Waals surface area contributed by atoms with Crippen LogP contribution in [0.25, 0.3) is 11.1 Å². The van der Waals surface area contributed by atoms with Gasteiger partial charge in [0.2, 0.25) is 0 Å². The minimum absolute atomic E-state index is 0.0318. The van der Waals surface area contributed by atoms with Crippen LogP contribution in [0, 0.1) is 13.8 Å². The minimum atomic E-state index is -0.504. The number of fused-ring (bicyclic) bond motifs is 3. The van der Waals surface area contributed by atoms with Gasteiger partial charge in [0, 0.05) is 12.0 Å². The van der Waals surface area contributed by atoms with Crippen molar-refractivity contribution in [2.75, 3.05) is 18.6 Å². The van der Waals surface area contributed by atoms with E-state index >= 15 is 0 Å². The van der Waals surface area contributed by atoms with Crippen LogP contribution in [0.4, 0.5) is 10.5 Å². The van der Waals surface area contributed by atoms with Crippen LogP contribution >= 0.6 is 0 Å². The quantitative estimate of drug-likeness (QED) is 0.0860. The van der Waals surface area contributed by atoms with Gasteiger partial charge in [-0.05, 0) is 59.7 Å². The van der Waals surface area contributed by atoms with Crippen molar-refractivity contribution < 1.29 is 14.3 Å². The zero-order valence-corrected chi connectivity index (χ0v) is 28.8. The number of rotatable bonds is 22. The van der Waals surface area contributed by atoms with E-state index in [4.69, 9.17) is 9.47 Å². The number of hydrazine groups is 1. The highest BCUT2D eigenvalue weighted by molar-refractivity contribution is 5.79. The molecule has 2 N–H and O–H groups in total. The molecule has 1 aliphatic carbocycles. The average molecular weight is 627 g/mol. The van der Waals surface area contributed by atoms with Gasteiger partial charge in [0.1, 0.15) is 12.4 Å². The van der Waals surface area contributed by atoms with E-state index in [0.717, 1.165) is 29.0 Å². The average Bonchev–Trinajstić information content (AvgIpc) is 3.39. The van der Waals surface area contributed by atoms with Crippen LogP contribution < -0.4 is 15.6 Å². The van der Waals surface area contributed by atoms with E-state index in [1.807, 2.05) is 24.3 Å². The Hall–Kier alpha value is -3.47. The number of benzene rings is 3. The van der Waals surface area contributed by atoms with Gasteiger partial charge in [0.25, 0.3) is 0 Å². The number of anilines is 1. The molecule has 4 rings (SSSR count). The van der Waals surface area contributed by atoms with Gasteiger partial charge >= 0.3 is 6.09 Å². The van der Waals surface area contributed by atoms with Crippen molar-refractivity contribution >= 4 is 11.8 Å². The van der Waals surface area contributed by atoms with Crippen LogP contribution in [-0.2, 0) is 4.74 Å². The third-order valence-corrected chi connectivity index (χ3v) is 9.53. The first-order chi connectivity index (χ1) is 22.6. The van der Waals surface area contributed by atoms with E-state index in [1.54, 1.807) is 0 Å². The number of ether oxygens (including phenoxy) is 2.